The van der Waals surface area contributed by atoms with Gasteiger partial charge in [0.25, 0.3) is 5.91 Å². The number of fused-ring (bicyclic) bond motifs is 2. The van der Waals surface area contributed by atoms with Crippen LogP contribution in [-0.4, -0.2) is 53.1 Å². The van der Waals surface area contributed by atoms with Gasteiger partial charge in [0, 0.05) is 42.3 Å². The molecule has 33 heavy (non-hydrogen) atoms. The number of amides is 1. The SMILES string of the molecule is CN(Cc1cccc(OC2C[C@@H]3CC[C@@H](C2)N3C)c1)C(=O)c1cc(-c2ccc(Cl)cc2)on1. The maximum absolute atomic E-state index is 12.9. The molecule has 2 atom stereocenters. The number of carbonyl (C=O) groups excluding carboxylic acids is 1. The van der Waals surface area contributed by atoms with E-state index in [0.717, 1.165) is 29.7 Å². The van der Waals surface area contributed by atoms with Gasteiger partial charge in [-0.1, -0.05) is 28.9 Å². The summed E-state index contributed by atoms with van der Waals surface area (Å²) in [6.07, 6.45) is 4.97. The molecular formula is C26H28ClN3O3. The van der Waals surface area contributed by atoms with Crippen LogP contribution in [0, 0.1) is 0 Å². The van der Waals surface area contributed by atoms with E-state index in [4.69, 9.17) is 20.9 Å². The van der Waals surface area contributed by atoms with Crippen LogP contribution >= 0.6 is 11.6 Å². The molecular weight excluding hydrogens is 438 g/mol. The van der Waals surface area contributed by atoms with Crippen molar-refractivity contribution >= 4 is 17.5 Å². The monoisotopic (exact) mass is 465 g/mol. The summed E-state index contributed by atoms with van der Waals surface area (Å²) in [6, 6.07) is 18.2. The fourth-order valence-electron chi connectivity index (χ4n) is 5.03. The highest BCUT2D eigenvalue weighted by Gasteiger charge is 2.39. The molecule has 2 aromatic carbocycles. The second-order valence-electron chi connectivity index (χ2n) is 9.15. The van der Waals surface area contributed by atoms with E-state index in [1.54, 1.807) is 30.1 Å². The van der Waals surface area contributed by atoms with E-state index in [-0.39, 0.29) is 17.7 Å². The van der Waals surface area contributed by atoms with E-state index in [1.165, 1.54) is 12.8 Å². The van der Waals surface area contributed by atoms with Crippen molar-refractivity contribution in [2.75, 3.05) is 14.1 Å². The van der Waals surface area contributed by atoms with Gasteiger partial charge in [0.1, 0.15) is 11.9 Å². The minimum absolute atomic E-state index is 0.197. The molecule has 2 saturated heterocycles. The molecule has 5 rings (SSSR count). The van der Waals surface area contributed by atoms with Crippen molar-refractivity contribution in [3.05, 3.63) is 70.9 Å². The molecule has 1 aromatic heterocycles. The van der Waals surface area contributed by atoms with Crippen LogP contribution < -0.4 is 4.74 Å². The Morgan fingerprint density at radius 2 is 1.88 bits per heavy atom. The van der Waals surface area contributed by atoms with Crippen molar-refractivity contribution in [2.24, 2.45) is 0 Å². The summed E-state index contributed by atoms with van der Waals surface area (Å²) in [5, 5.41) is 4.61. The van der Waals surface area contributed by atoms with E-state index in [9.17, 15) is 4.79 Å². The number of aromatic nitrogens is 1. The Morgan fingerprint density at radius 3 is 2.61 bits per heavy atom. The third-order valence-electron chi connectivity index (χ3n) is 6.88. The second kappa shape index (κ2) is 9.20. The van der Waals surface area contributed by atoms with Gasteiger partial charge in [-0.3, -0.25) is 4.79 Å². The number of benzene rings is 2. The van der Waals surface area contributed by atoms with Crippen LogP contribution in [0.3, 0.4) is 0 Å². The van der Waals surface area contributed by atoms with Crippen LogP contribution in [0.4, 0.5) is 0 Å². The van der Waals surface area contributed by atoms with E-state index in [1.807, 2.05) is 36.4 Å². The topological polar surface area (TPSA) is 58.8 Å². The number of rotatable bonds is 6. The lowest BCUT2D eigenvalue weighted by Gasteiger charge is -2.36. The third kappa shape index (κ3) is 4.77. The smallest absolute Gasteiger partial charge is 0.276 e. The first kappa shape index (κ1) is 22.0. The molecule has 0 unspecified atom stereocenters. The number of hydrogen-bond donors (Lipinski definition) is 0. The summed E-state index contributed by atoms with van der Waals surface area (Å²) < 4.78 is 11.7. The normalized spacial score (nSPS) is 22.3. The molecule has 0 radical (unpaired) electrons. The number of ether oxygens (including phenoxy) is 1. The zero-order valence-corrected chi connectivity index (χ0v) is 19.7. The fourth-order valence-corrected chi connectivity index (χ4v) is 5.16. The average molecular weight is 466 g/mol. The first-order chi connectivity index (χ1) is 16.0. The summed E-state index contributed by atoms with van der Waals surface area (Å²) in [7, 11) is 4.00. The number of nitrogens with zero attached hydrogens (tertiary/aromatic N) is 3. The molecule has 0 saturated carbocycles. The number of halogens is 1. The van der Waals surface area contributed by atoms with Crippen molar-refractivity contribution in [2.45, 2.75) is 50.4 Å². The average Bonchev–Trinajstić information content (AvgIpc) is 3.36. The van der Waals surface area contributed by atoms with Crippen molar-refractivity contribution in [1.29, 1.82) is 0 Å². The molecule has 2 fully saturated rings. The second-order valence-corrected chi connectivity index (χ2v) is 9.59. The van der Waals surface area contributed by atoms with Gasteiger partial charge in [0.2, 0.25) is 0 Å². The number of carbonyl (C=O) groups is 1. The van der Waals surface area contributed by atoms with Gasteiger partial charge < -0.3 is 19.1 Å². The lowest BCUT2D eigenvalue weighted by Crippen LogP contribution is -2.43. The van der Waals surface area contributed by atoms with E-state index >= 15 is 0 Å². The highest BCUT2D eigenvalue weighted by atomic mass is 35.5. The molecule has 3 aromatic rings. The Morgan fingerprint density at radius 1 is 1.15 bits per heavy atom. The highest BCUT2D eigenvalue weighted by Crippen LogP contribution is 2.36. The molecule has 3 heterocycles. The zero-order chi connectivity index (χ0) is 22.9. The van der Waals surface area contributed by atoms with E-state index < -0.39 is 0 Å². The molecule has 0 N–H and O–H groups in total. The van der Waals surface area contributed by atoms with Gasteiger partial charge >= 0.3 is 0 Å². The lowest BCUT2D eigenvalue weighted by atomic mass is 10.0. The van der Waals surface area contributed by atoms with E-state index in [2.05, 4.69) is 17.1 Å². The van der Waals surface area contributed by atoms with Crippen molar-refractivity contribution in [3.63, 3.8) is 0 Å². The van der Waals surface area contributed by atoms with Crippen LogP contribution in [0.15, 0.2) is 59.1 Å². The van der Waals surface area contributed by atoms with Crippen molar-refractivity contribution < 1.29 is 14.1 Å². The van der Waals surface area contributed by atoms with Crippen LogP contribution in [0.1, 0.15) is 41.7 Å². The Bertz CT molecular complexity index is 1120. The quantitative estimate of drug-likeness (QED) is 0.496. The Hall–Kier alpha value is -2.83. The molecule has 7 heteroatoms. The molecule has 2 aliphatic heterocycles. The number of piperidine rings is 1. The Kier molecular flexibility index (Phi) is 6.13. The molecule has 1 amide bonds. The Labute approximate surface area is 199 Å². The largest absolute Gasteiger partial charge is 0.490 e. The van der Waals surface area contributed by atoms with Crippen molar-refractivity contribution in [1.82, 2.24) is 15.0 Å². The minimum Gasteiger partial charge on any atom is -0.490 e. The summed E-state index contributed by atoms with van der Waals surface area (Å²) in [6.45, 7) is 0.456. The molecule has 2 bridgehead atoms. The van der Waals surface area contributed by atoms with Crippen molar-refractivity contribution in [3.8, 4) is 17.1 Å². The summed E-state index contributed by atoms with van der Waals surface area (Å²) in [5.74, 6) is 1.21. The van der Waals surface area contributed by atoms with Crippen LogP contribution in [0.25, 0.3) is 11.3 Å². The maximum Gasteiger partial charge on any atom is 0.276 e. The van der Waals surface area contributed by atoms with E-state index in [0.29, 0.717) is 29.4 Å². The first-order valence-electron chi connectivity index (χ1n) is 11.4. The van der Waals surface area contributed by atoms with Gasteiger partial charge in [-0.2, -0.15) is 0 Å². The molecule has 2 aliphatic rings. The zero-order valence-electron chi connectivity index (χ0n) is 18.9. The molecule has 0 aliphatic carbocycles. The Balaban J connectivity index is 1.21. The standard InChI is InChI=1S/C26H28ClN3O3/c1-29(26(31)24-15-25(33-28-24)18-6-8-19(27)9-7-18)16-17-4-3-5-22(12-17)32-23-13-20-10-11-21(14-23)30(20)2/h3-9,12,15,20-21,23H,10-11,13-14,16H2,1-2H3/t20-,21-/m0/s1. The van der Waals surface area contributed by atoms with Crippen LogP contribution in [0.5, 0.6) is 5.75 Å². The highest BCUT2D eigenvalue weighted by molar-refractivity contribution is 6.30. The van der Waals surface area contributed by atoms with Crippen LogP contribution in [0.2, 0.25) is 5.02 Å². The first-order valence-corrected chi connectivity index (χ1v) is 11.8. The minimum atomic E-state index is -0.197. The summed E-state index contributed by atoms with van der Waals surface area (Å²) in [5.41, 5.74) is 2.11. The van der Waals surface area contributed by atoms with Crippen LogP contribution in [-0.2, 0) is 6.54 Å². The molecule has 6 nitrogen and oxygen atoms in total. The predicted octanol–water partition coefficient (Wildman–Crippen LogP) is 5.27. The summed E-state index contributed by atoms with van der Waals surface area (Å²) in [4.78, 5) is 17.1. The maximum atomic E-state index is 12.9. The fraction of sp³-hybridized carbons (Fsp3) is 0.385. The molecule has 172 valence electrons. The summed E-state index contributed by atoms with van der Waals surface area (Å²) >= 11 is 5.94. The van der Waals surface area contributed by atoms with Gasteiger partial charge in [-0.25, -0.2) is 0 Å². The van der Waals surface area contributed by atoms with Gasteiger partial charge in [0.15, 0.2) is 11.5 Å². The van der Waals surface area contributed by atoms with Gasteiger partial charge in [-0.15, -0.1) is 0 Å². The molecule has 0 spiro atoms. The lowest BCUT2D eigenvalue weighted by molar-refractivity contribution is 0.0659. The van der Waals surface area contributed by atoms with Gasteiger partial charge in [-0.05, 0) is 74.7 Å². The number of hydrogen-bond acceptors (Lipinski definition) is 5. The van der Waals surface area contributed by atoms with Gasteiger partial charge in [0.05, 0.1) is 0 Å². The predicted molar refractivity (Wildman–Crippen MR) is 127 cm³/mol. The third-order valence-corrected chi connectivity index (χ3v) is 7.13.